The number of furan rings is 1. The van der Waals surface area contributed by atoms with Crippen LogP contribution in [0.2, 0.25) is 0 Å². The summed E-state index contributed by atoms with van der Waals surface area (Å²) in [6, 6.07) is 76.3. The molecule has 0 radical (unpaired) electrons. The zero-order valence-corrected chi connectivity index (χ0v) is 36.3. The number of aliphatic imine (C=N–C) groups is 2. The molecule has 1 unspecified atom stereocenters. The lowest BCUT2D eigenvalue weighted by Gasteiger charge is -2.24. The van der Waals surface area contributed by atoms with Gasteiger partial charge < -0.3 is 9.73 Å². The van der Waals surface area contributed by atoms with E-state index in [1.807, 2.05) is 11.3 Å². The van der Waals surface area contributed by atoms with Gasteiger partial charge >= 0.3 is 0 Å². The van der Waals surface area contributed by atoms with Crippen LogP contribution in [0, 0.1) is 0 Å². The highest BCUT2D eigenvalue weighted by molar-refractivity contribution is 7.26. The average molecular weight is 860 g/mol. The van der Waals surface area contributed by atoms with E-state index in [1.54, 1.807) is 0 Å². The van der Waals surface area contributed by atoms with Crippen LogP contribution in [0.5, 0.6) is 0 Å². The summed E-state index contributed by atoms with van der Waals surface area (Å²) in [5, 5.41) is 18.0. The summed E-state index contributed by atoms with van der Waals surface area (Å²) >= 11 is 1.85. The summed E-state index contributed by atoms with van der Waals surface area (Å²) in [5.74, 6) is 1.46. The average Bonchev–Trinajstić information content (AvgIpc) is 3.97. The van der Waals surface area contributed by atoms with Crippen LogP contribution in [0.15, 0.2) is 227 Å². The summed E-state index contributed by atoms with van der Waals surface area (Å²) < 4.78 is 9.50. The van der Waals surface area contributed by atoms with E-state index in [-0.39, 0.29) is 6.17 Å². The summed E-state index contributed by atoms with van der Waals surface area (Å²) in [4.78, 5) is 10.9. The number of hydrogen-bond donors (Lipinski definition) is 1. The van der Waals surface area contributed by atoms with Crippen LogP contribution in [0.4, 0.5) is 0 Å². The van der Waals surface area contributed by atoms with Crippen LogP contribution >= 0.6 is 11.3 Å². The molecule has 0 fully saturated rings. The fourth-order valence-corrected chi connectivity index (χ4v) is 11.6. The van der Waals surface area contributed by atoms with Crippen LogP contribution in [-0.2, 0) is 0 Å². The van der Waals surface area contributed by atoms with Gasteiger partial charge in [0.25, 0.3) is 0 Å². The molecular weight excluding hydrogens is 823 g/mol. The van der Waals surface area contributed by atoms with E-state index in [9.17, 15) is 0 Å². The maximum absolute atomic E-state index is 6.95. The van der Waals surface area contributed by atoms with Crippen molar-refractivity contribution in [2.24, 2.45) is 9.98 Å². The number of rotatable bonds is 5. The predicted molar refractivity (Wildman–Crippen MR) is 279 cm³/mol. The quantitative estimate of drug-likeness (QED) is 0.175. The van der Waals surface area contributed by atoms with Gasteiger partial charge in [0.15, 0.2) is 5.84 Å². The monoisotopic (exact) mass is 859 g/mol. The Balaban J connectivity index is 0.965. The van der Waals surface area contributed by atoms with Crippen molar-refractivity contribution in [3.8, 4) is 22.3 Å². The van der Waals surface area contributed by atoms with Gasteiger partial charge in [0.05, 0.1) is 0 Å². The summed E-state index contributed by atoms with van der Waals surface area (Å²) in [7, 11) is 0. The van der Waals surface area contributed by atoms with Crippen molar-refractivity contribution in [3.63, 3.8) is 0 Å². The molecule has 0 bridgehead atoms. The molecule has 1 N–H and O–H groups in total. The second kappa shape index (κ2) is 14.6. The summed E-state index contributed by atoms with van der Waals surface area (Å²) in [6.45, 7) is 0. The lowest BCUT2D eigenvalue weighted by atomic mass is 9.92. The minimum Gasteiger partial charge on any atom is -0.455 e. The second-order valence-corrected chi connectivity index (χ2v) is 18.3. The van der Waals surface area contributed by atoms with Crippen molar-refractivity contribution in [1.82, 2.24) is 5.32 Å². The van der Waals surface area contributed by atoms with Gasteiger partial charge in [0.2, 0.25) is 0 Å². The minimum absolute atomic E-state index is 0.375. The maximum Gasteiger partial charge on any atom is 0.159 e. The molecule has 0 aliphatic carbocycles. The third-order valence-corrected chi connectivity index (χ3v) is 14.7. The van der Waals surface area contributed by atoms with E-state index < -0.39 is 0 Å². The molecule has 1 atom stereocenters. The SMILES string of the molecule is c1ccc2cc(C3N=C(c4cc(-c5cccc6oc7c(-c8cccc9c8sc8ccccc89)cccc7c56)c5ccccc5c4)N=C(c4ccc5ccc6ccccc6c5c4)N3)ccc2c1. The van der Waals surface area contributed by atoms with Crippen LogP contribution in [0.1, 0.15) is 22.9 Å². The predicted octanol–water partition coefficient (Wildman–Crippen LogP) is 16.4. The Bertz CT molecular complexity index is 4230. The molecule has 308 valence electrons. The molecular formula is C61H37N3OS. The third kappa shape index (κ3) is 5.84. The molecule has 0 amide bonds. The first-order valence-electron chi connectivity index (χ1n) is 22.4. The molecule has 13 aromatic rings. The number of benzene rings is 11. The van der Waals surface area contributed by atoms with Gasteiger partial charge in [-0.3, -0.25) is 0 Å². The Morgan fingerprint density at radius 3 is 1.98 bits per heavy atom. The molecule has 1 aliphatic heterocycles. The second-order valence-electron chi connectivity index (χ2n) is 17.3. The Kier molecular flexibility index (Phi) is 8.18. The highest BCUT2D eigenvalue weighted by Gasteiger charge is 2.24. The first-order chi connectivity index (χ1) is 32.7. The van der Waals surface area contributed by atoms with Gasteiger partial charge in [-0.15, -0.1) is 11.3 Å². The lowest BCUT2D eigenvalue weighted by molar-refractivity contribution is 0.670. The molecule has 0 spiro atoms. The Hall–Kier alpha value is -8.38. The standard InChI is InChI=1S/C61H37N3OS/c1-2-14-39-32-41(30-26-36(39)12-1)59-62-60(42-31-29-38-28-27-37-13-3-5-16-44(37)52(38)34-42)64-61(63-59)43-33-40-15-4-6-17-45(40)53(35-43)47-19-11-24-54-56(47)51-23-9-20-48(57(51)65-54)50-22-10-21-49-46-18-7-8-25-55(46)66-58(49)50/h1-35,59H,(H,62,63,64). The third-order valence-electron chi connectivity index (χ3n) is 13.5. The Labute approximate surface area is 383 Å². The van der Waals surface area contributed by atoms with Crippen LogP contribution in [-0.4, -0.2) is 11.7 Å². The van der Waals surface area contributed by atoms with Crippen molar-refractivity contribution in [2.75, 3.05) is 0 Å². The van der Waals surface area contributed by atoms with Crippen molar-refractivity contribution >= 4 is 108 Å². The Morgan fingerprint density at radius 1 is 0.424 bits per heavy atom. The van der Waals surface area contributed by atoms with E-state index in [2.05, 4.69) is 218 Å². The summed E-state index contributed by atoms with van der Waals surface area (Å²) in [6.07, 6.45) is -0.375. The molecule has 66 heavy (non-hydrogen) atoms. The highest BCUT2D eigenvalue weighted by Crippen LogP contribution is 2.46. The molecule has 0 saturated carbocycles. The van der Waals surface area contributed by atoms with E-state index in [0.717, 1.165) is 71.9 Å². The van der Waals surface area contributed by atoms with Gasteiger partial charge in [-0.1, -0.05) is 176 Å². The molecule has 1 aliphatic rings. The van der Waals surface area contributed by atoms with E-state index in [4.69, 9.17) is 14.4 Å². The molecule has 14 rings (SSSR count). The highest BCUT2D eigenvalue weighted by atomic mass is 32.1. The first kappa shape index (κ1) is 37.0. The maximum atomic E-state index is 6.95. The number of thiophene rings is 1. The van der Waals surface area contributed by atoms with Gasteiger partial charge in [-0.2, -0.15) is 0 Å². The van der Waals surface area contributed by atoms with Crippen molar-refractivity contribution in [3.05, 3.63) is 229 Å². The fraction of sp³-hybridized carbons (Fsp3) is 0.0164. The normalized spacial score (nSPS) is 14.2. The number of hydrogen-bond acceptors (Lipinski definition) is 5. The van der Waals surface area contributed by atoms with E-state index in [0.29, 0.717) is 5.84 Å². The lowest BCUT2D eigenvalue weighted by Crippen LogP contribution is -2.33. The molecule has 0 saturated heterocycles. The summed E-state index contributed by atoms with van der Waals surface area (Å²) in [5.41, 5.74) is 9.26. The molecule has 5 heteroatoms. The first-order valence-corrected chi connectivity index (χ1v) is 23.2. The van der Waals surface area contributed by atoms with Crippen LogP contribution in [0.3, 0.4) is 0 Å². The topological polar surface area (TPSA) is 49.9 Å². The molecule has 11 aromatic carbocycles. The zero-order chi connectivity index (χ0) is 43.3. The van der Waals surface area contributed by atoms with Gasteiger partial charge in [-0.25, -0.2) is 9.98 Å². The van der Waals surface area contributed by atoms with Crippen LogP contribution < -0.4 is 5.32 Å². The molecule has 4 nitrogen and oxygen atoms in total. The van der Waals surface area contributed by atoms with Gasteiger partial charge in [-0.05, 0) is 96.2 Å². The number of nitrogens with one attached hydrogen (secondary N) is 1. The number of para-hydroxylation sites is 1. The Morgan fingerprint density at radius 2 is 1.09 bits per heavy atom. The number of fused-ring (bicyclic) bond motifs is 11. The largest absolute Gasteiger partial charge is 0.455 e. The van der Waals surface area contributed by atoms with Crippen molar-refractivity contribution < 1.29 is 4.42 Å². The molecule has 3 heterocycles. The fourth-order valence-electron chi connectivity index (χ4n) is 10.3. The zero-order valence-electron chi connectivity index (χ0n) is 35.5. The van der Waals surface area contributed by atoms with Gasteiger partial charge in [0.1, 0.15) is 23.2 Å². The van der Waals surface area contributed by atoms with E-state index in [1.165, 1.54) is 58.1 Å². The van der Waals surface area contributed by atoms with Crippen molar-refractivity contribution in [1.29, 1.82) is 0 Å². The van der Waals surface area contributed by atoms with Gasteiger partial charge in [0, 0.05) is 53.2 Å². The number of nitrogens with zero attached hydrogens (tertiary/aromatic N) is 2. The smallest absolute Gasteiger partial charge is 0.159 e. The minimum atomic E-state index is -0.375. The number of amidine groups is 2. The van der Waals surface area contributed by atoms with Crippen molar-refractivity contribution in [2.45, 2.75) is 6.17 Å². The van der Waals surface area contributed by atoms with Crippen LogP contribution in [0.25, 0.3) is 107 Å². The molecule has 2 aromatic heterocycles. The van der Waals surface area contributed by atoms with E-state index >= 15 is 0 Å².